The van der Waals surface area contributed by atoms with Crippen molar-refractivity contribution in [1.29, 1.82) is 0 Å². The molecule has 116 valence electrons. The number of nitrogens with one attached hydrogen (secondary N) is 2. The van der Waals surface area contributed by atoms with E-state index < -0.39 is 16.1 Å². The van der Waals surface area contributed by atoms with Gasteiger partial charge in [0.05, 0.1) is 12.6 Å². The summed E-state index contributed by atoms with van der Waals surface area (Å²) in [5.41, 5.74) is 0. The Morgan fingerprint density at radius 1 is 1.30 bits per heavy atom. The van der Waals surface area contributed by atoms with Crippen molar-refractivity contribution in [2.75, 3.05) is 6.54 Å². The Morgan fingerprint density at radius 3 is 2.60 bits per heavy atom. The lowest BCUT2D eigenvalue weighted by atomic mass is 10.2. The summed E-state index contributed by atoms with van der Waals surface area (Å²) in [6.45, 7) is 6.46. The molecule has 1 unspecified atom stereocenters. The van der Waals surface area contributed by atoms with Crippen LogP contribution in [-0.2, 0) is 16.6 Å². The van der Waals surface area contributed by atoms with Gasteiger partial charge in [-0.1, -0.05) is 13.8 Å². The zero-order chi connectivity index (χ0) is 15.2. The molecule has 3 N–H and O–H groups in total. The van der Waals surface area contributed by atoms with E-state index in [0.717, 1.165) is 0 Å². The molecule has 20 heavy (non-hydrogen) atoms. The average molecular weight is 304 g/mol. The van der Waals surface area contributed by atoms with Gasteiger partial charge in [-0.05, 0) is 31.9 Å². The van der Waals surface area contributed by atoms with E-state index in [2.05, 4.69) is 10.0 Å². The molecule has 6 nitrogen and oxygen atoms in total. The van der Waals surface area contributed by atoms with Crippen LogP contribution in [0, 0.1) is 0 Å². The maximum atomic E-state index is 11.9. The van der Waals surface area contributed by atoms with Crippen molar-refractivity contribution in [3.05, 3.63) is 17.9 Å². The van der Waals surface area contributed by atoms with Crippen LogP contribution in [0.2, 0.25) is 0 Å². The Morgan fingerprint density at radius 2 is 2.00 bits per heavy atom. The molecule has 0 fully saturated rings. The Balaban J connectivity index is 2.51. The molecular formula is C13H24N2O4S. The predicted molar refractivity (Wildman–Crippen MR) is 76.8 cm³/mol. The predicted octanol–water partition coefficient (Wildman–Crippen LogP) is 1.22. The van der Waals surface area contributed by atoms with E-state index in [4.69, 9.17) is 9.52 Å². The zero-order valence-corrected chi connectivity index (χ0v) is 13.0. The smallest absolute Gasteiger partial charge is 0.273 e. The van der Waals surface area contributed by atoms with E-state index >= 15 is 0 Å². The largest absolute Gasteiger partial charge is 0.447 e. The van der Waals surface area contributed by atoms with Gasteiger partial charge < -0.3 is 14.8 Å². The van der Waals surface area contributed by atoms with E-state index in [1.54, 1.807) is 13.0 Å². The molecular weight excluding hydrogens is 280 g/mol. The van der Waals surface area contributed by atoms with Crippen LogP contribution in [0.25, 0.3) is 0 Å². The topological polar surface area (TPSA) is 91.6 Å². The molecule has 0 aliphatic rings. The first-order chi connectivity index (χ1) is 9.31. The van der Waals surface area contributed by atoms with E-state index in [9.17, 15) is 8.42 Å². The lowest BCUT2D eigenvalue weighted by Crippen LogP contribution is -2.25. The van der Waals surface area contributed by atoms with Gasteiger partial charge in [-0.25, -0.2) is 13.1 Å². The zero-order valence-electron chi connectivity index (χ0n) is 12.2. The van der Waals surface area contributed by atoms with Crippen molar-refractivity contribution in [1.82, 2.24) is 10.0 Å². The fourth-order valence-electron chi connectivity index (χ4n) is 1.58. The van der Waals surface area contributed by atoms with Gasteiger partial charge in [0.15, 0.2) is 0 Å². The Bertz CT molecular complexity index is 494. The molecule has 1 rings (SSSR count). The van der Waals surface area contributed by atoms with Crippen LogP contribution in [-0.4, -0.2) is 32.2 Å². The van der Waals surface area contributed by atoms with Crippen molar-refractivity contribution in [2.45, 2.75) is 57.4 Å². The quantitative estimate of drug-likeness (QED) is 0.597. The molecule has 7 heteroatoms. The van der Waals surface area contributed by atoms with Crippen LogP contribution in [0.3, 0.4) is 0 Å². The second-order valence-electron chi connectivity index (χ2n) is 5.15. The van der Waals surface area contributed by atoms with Gasteiger partial charge in [0.2, 0.25) is 5.09 Å². The van der Waals surface area contributed by atoms with E-state index in [1.165, 1.54) is 6.07 Å². The van der Waals surface area contributed by atoms with Gasteiger partial charge in [-0.3, -0.25) is 0 Å². The number of hydrogen-bond donors (Lipinski definition) is 3. The van der Waals surface area contributed by atoms with Crippen LogP contribution in [0.4, 0.5) is 0 Å². The monoisotopic (exact) mass is 304 g/mol. The van der Waals surface area contributed by atoms with Crippen molar-refractivity contribution in [2.24, 2.45) is 0 Å². The number of furan rings is 1. The number of aliphatic hydroxyl groups is 1. The van der Waals surface area contributed by atoms with Gasteiger partial charge >= 0.3 is 0 Å². The molecule has 0 radical (unpaired) electrons. The molecule has 0 saturated carbocycles. The summed E-state index contributed by atoms with van der Waals surface area (Å²) in [6.07, 6.45) is 0.723. The summed E-state index contributed by atoms with van der Waals surface area (Å²) >= 11 is 0. The minimum Gasteiger partial charge on any atom is -0.447 e. The highest BCUT2D eigenvalue weighted by molar-refractivity contribution is 7.89. The molecule has 0 saturated heterocycles. The third kappa shape index (κ3) is 6.04. The van der Waals surface area contributed by atoms with Crippen molar-refractivity contribution < 1.29 is 17.9 Å². The van der Waals surface area contributed by atoms with Crippen LogP contribution in [0.1, 0.15) is 39.4 Å². The molecule has 0 amide bonds. The summed E-state index contributed by atoms with van der Waals surface area (Å²) < 4.78 is 31.7. The maximum absolute atomic E-state index is 11.9. The van der Waals surface area contributed by atoms with Crippen LogP contribution < -0.4 is 10.0 Å². The summed E-state index contributed by atoms with van der Waals surface area (Å²) in [6, 6.07) is 3.41. The molecule has 0 spiro atoms. The molecule has 1 heterocycles. The molecule has 1 aromatic rings. The van der Waals surface area contributed by atoms with Crippen LogP contribution >= 0.6 is 0 Å². The first-order valence-corrected chi connectivity index (χ1v) is 8.29. The second kappa shape index (κ2) is 7.78. The fraction of sp³-hybridized carbons (Fsp3) is 0.692. The molecule has 1 aromatic heterocycles. The highest BCUT2D eigenvalue weighted by Gasteiger charge is 2.18. The number of hydrogen-bond acceptors (Lipinski definition) is 5. The molecule has 0 bridgehead atoms. The molecule has 0 aliphatic heterocycles. The number of sulfonamides is 1. The molecule has 0 aromatic carbocycles. The van der Waals surface area contributed by atoms with Gasteiger partial charge in [0.25, 0.3) is 10.0 Å². The van der Waals surface area contributed by atoms with Gasteiger partial charge in [-0.15, -0.1) is 0 Å². The SMILES string of the molecule is CC(O)CCCNS(=O)(=O)c1ccc(CNC(C)C)o1. The summed E-state index contributed by atoms with van der Waals surface area (Å²) in [5.74, 6) is 0.586. The van der Waals surface area contributed by atoms with E-state index in [-0.39, 0.29) is 11.6 Å². The fourth-order valence-corrected chi connectivity index (χ4v) is 2.60. The van der Waals surface area contributed by atoms with Crippen LogP contribution in [0.15, 0.2) is 21.6 Å². The van der Waals surface area contributed by atoms with Gasteiger partial charge in [0, 0.05) is 12.6 Å². The van der Waals surface area contributed by atoms with Crippen molar-refractivity contribution >= 4 is 10.0 Å². The third-order valence-electron chi connectivity index (χ3n) is 2.68. The Labute approximate surface area is 120 Å². The minimum atomic E-state index is -3.60. The summed E-state index contributed by atoms with van der Waals surface area (Å²) in [7, 11) is -3.60. The lowest BCUT2D eigenvalue weighted by molar-refractivity contribution is 0.182. The Hall–Kier alpha value is -0.890. The van der Waals surface area contributed by atoms with E-state index in [0.29, 0.717) is 31.2 Å². The first kappa shape index (κ1) is 17.2. The maximum Gasteiger partial charge on any atom is 0.273 e. The second-order valence-corrected chi connectivity index (χ2v) is 6.84. The summed E-state index contributed by atoms with van der Waals surface area (Å²) in [5, 5.41) is 12.2. The first-order valence-electron chi connectivity index (χ1n) is 6.81. The lowest BCUT2D eigenvalue weighted by Gasteiger charge is -2.06. The minimum absolute atomic E-state index is 0.0740. The molecule has 0 aliphatic carbocycles. The van der Waals surface area contributed by atoms with Gasteiger partial charge in [-0.2, -0.15) is 0 Å². The normalized spacial score (nSPS) is 13.8. The van der Waals surface area contributed by atoms with Crippen molar-refractivity contribution in [3.8, 4) is 0 Å². The highest BCUT2D eigenvalue weighted by Crippen LogP contribution is 2.14. The average Bonchev–Trinajstić information content (AvgIpc) is 2.81. The highest BCUT2D eigenvalue weighted by atomic mass is 32.2. The van der Waals surface area contributed by atoms with Gasteiger partial charge in [0.1, 0.15) is 5.76 Å². The standard InChI is InChI=1S/C13H24N2O4S/c1-10(2)14-9-12-6-7-13(19-12)20(17,18)15-8-4-5-11(3)16/h6-7,10-11,14-16H,4-5,8-9H2,1-3H3. The van der Waals surface area contributed by atoms with Crippen LogP contribution in [0.5, 0.6) is 0 Å². The summed E-state index contributed by atoms with van der Waals surface area (Å²) in [4.78, 5) is 0. The Kier molecular flexibility index (Phi) is 6.67. The van der Waals surface area contributed by atoms with E-state index in [1.807, 2.05) is 13.8 Å². The number of aliphatic hydroxyl groups excluding tert-OH is 1. The third-order valence-corrected chi connectivity index (χ3v) is 4.01. The number of rotatable bonds is 9. The van der Waals surface area contributed by atoms with Crippen molar-refractivity contribution in [3.63, 3.8) is 0 Å². The molecule has 1 atom stereocenters.